The molecule has 0 saturated heterocycles. The Kier molecular flexibility index (Phi) is 6.68. The first-order valence-corrected chi connectivity index (χ1v) is 8.83. The summed E-state index contributed by atoms with van der Waals surface area (Å²) >= 11 is 0. The molecule has 0 saturated carbocycles. The zero-order valence-corrected chi connectivity index (χ0v) is 16.0. The van der Waals surface area contributed by atoms with E-state index in [1.165, 1.54) is 0 Å². The predicted molar refractivity (Wildman–Crippen MR) is 114 cm³/mol. The molecular weight excluding hydrogens is 316 g/mol. The lowest BCUT2D eigenvalue weighted by molar-refractivity contribution is 0.101. The Balaban J connectivity index is 2.56. The zero-order chi connectivity index (χ0) is 19.1. The Hall–Kier alpha value is -2.93. The van der Waals surface area contributed by atoms with E-state index < -0.39 is 0 Å². The van der Waals surface area contributed by atoms with Gasteiger partial charge in [-0.05, 0) is 60.8 Å². The fourth-order valence-electron chi connectivity index (χ4n) is 3.02. The summed E-state index contributed by atoms with van der Waals surface area (Å²) in [5.41, 5.74) is 5.29. The van der Waals surface area contributed by atoms with E-state index in [1.54, 1.807) is 13.0 Å². The van der Waals surface area contributed by atoms with Gasteiger partial charge in [-0.3, -0.25) is 4.79 Å². The van der Waals surface area contributed by atoms with Crippen molar-refractivity contribution in [1.82, 2.24) is 0 Å². The van der Waals surface area contributed by atoms with Crippen molar-refractivity contribution >= 4 is 22.1 Å². The largest absolute Gasteiger partial charge is 0.294 e. The van der Waals surface area contributed by atoms with Crippen molar-refractivity contribution in [3.05, 3.63) is 102 Å². The molecule has 0 spiro atoms. The smallest absolute Gasteiger partial charge is 0.160 e. The summed E-state index contributed by atoms with van der Waals surface area (Å²) in [5.74, 6) is 0.0897. The molecule has 0 bridgehead atoms. The van der Waals surface area contributed by atoms with Gasteiger partial charge in [0.1, 0.15) is 0 Å². The summed E-state index contributed by atoms with van der Waals surface area (Å²) in [4.78, 5) is 12.1. The lowest BCUT2D eigenvalue weighted by Crippen LogP contribution is -1.96. The van der Waals surface area contributed by atoms with Crippen LogP contribution in [0.1, 0.15) is 43.6 Å². The van der Waals surface area contributed by atoms with Crippen molar-refractivity contribution in [2.75, 3.05) is 0 Å². The van der Waals surface area contributed by atoms with Crippen LogP contribution in [0.2, 0.25) is 0 Å². The topological polar surface area (TPSA) is 17.1 Å². The first kappa shape index (κ1) is 19.4. The minimum absolute atomic E-state index is 0.0897. The van der Waals surface area contributed by atoms with Crippen LogP contribution in [0.25, 0.3) is 16.3 Å². The number of allylic oxidation sites excluding steroid dienone is 9. The van der Waals surface area contributed by atoms with Crippen LogP contribution in [-0.2, 0) is 0 Å². The third-order valence-corrected chi connectivity index (χ3v) is 4.39. The molecule has 0 aromatic heterocycles. The molecule has 0 aliphatic rings. The van der Waals surface area contributed by atoms with Crippen LogP contribution in [0.4, 0.5) is 0 Å². The molecule has 0 atom stereocenters. The van der Waals surface area contributed by atoms with E-state index in [1.807, 2.05) is 37.3 Å². The molecule has 0 amide bonds. The number of hydrogen-bond acceptors (Lipinski definition) is 1. The van der Waals surface area contributed by atoms with Crippen molar-refractivity contribution in [2.45, 2.75) is 27.7 Å². The number of fused-ring (bicyclic) bond motifs is 1. The molecule has 2 aromatic carbocycles. The van der Waals surface area contributed by atoms with Gasteiger partial charge in [0, 0.05) is 5.56 Å². The molecule has 132 valence electrons. The van der Waals surface area contributed by atoms with Gasteiger partial charge in [0.05, 0.1) is 0 Å². The van der Waals surface area contributed by atoms with Crippen LogP contribution in [-0.4, -0.2) is 5.78 Å². The van der Waals surface area contributed by atoms with Gasteiger partial charge in [-0.15, -0.1) is 0 Å². The minimum atomic E-state index is 0.0897. The molecule has 1 heteroatoms. The highest BCUT2D eigenvalue weighted by Crippen LogP contribution is 2.29. The maximum atomic E-state index is 12.1. The van der Waals surface area contributed by atoms with Gasteiger partial charge in [-0.1, -0.05) is 79.4 Å². The fraction of sp³-hybridized carbons (Fsp3) is 0.160. The monoisotopic (exact) mass is 342 g/mol. The lowest BCUT2D eigenvalue weighted by Gasteiger charge is -2.10. The molecule has 1 nitrogen and oxygen atoms in total. The van der Waals surface area contributed by atoms with Crippen molar-refractivity contribution in [1.29, 1.82) is 0 Å². The van der Waals surface area contributed by atoms with Crippen LogP contribution < -0.4 is 0 Å². The van der Waals surface area contributed by atoms with Crippen LogP contribution in [0.15, 0.2) is 90.6 Å². The number of rotatable bonds is 6. The second-order valence-corrected chi connectivity index (χ2v) is 6.32. The van der Waals surface area contributed by atoms with E-state index in [2.05, 4.69) is 56.9 Å². The van der Waals surface area contributed by atoms with Crippen molar-refractivity contribution in [3.63, 3.8) is 0 Å². The number of hydrogen-bond donors (Lipinski definition) is 0. The third-order valence-electron chi connectivity index (χ3n) is 4.39. The number of benzene rings is 2. The highest BCUT2D eigenvalue weighted by Gasteiger charge is 2.10. The van der Waals surface area contributed by atoms with E-state index in [9.17, 15) is 4.79 Å². The Labute approximate surface area is 156 Å². The molecule has 26 heavy (non-hydrogen) atoms. The molecule has 0 radical (unpaired) electrons. The van der Waals surface area contributed by atoms with E-state index in [0.29, 0.717) is 0 Å². The molecular formula is C25H26O. The number of carbonyl (C=O) groups excluding carboxylic acids is 1. The fourth-order valence-corrected chi connectivity index (χ4v) is 3.02. The first-order valence-electron chi connectivity index (χ1n) is 8.83. The van der Waals surface area contributed by atoms with E-state index >= 15 is 0 Å². The molecule has 2 aromatic rings. The summed E-state index contributed by atoms with van der Waals surface area (Å²) in [6, 6.07) is 12.1. The normalized spacial score (nSPS) is 13.5. The first-order chi connectivity index (χ1) is 12.5. The molecule has 0 fully saturated rings. The van der Waals surface area contributed by atoms with Crippen LogP contribution >= 0.6 is 0 Å². The Morgan fingerprint density at radius 3 is 2.15 bits per heavy atom. The molecule has 2 rings (SSSR count). The SMILES string of the molecule is C=C/C=C(\C=C/C)C(/C)=C/C=C(\C)c1cccc2cccc(C(C)=O)c12. The summed E-state index contributed by atoms with van der Waals surface area (Å²) in [6.07, 6.45) is 12.1. The Bertz CT molecular complexity index is 944. The van der Waals surface area contributed by atoms with Crippen LogP contribution in [0, 0.1) is 0 Å². The molecule has 0 aliphatic heterocycles. The van der Waals surface area contributed by atoms with Gasteiger partial charge in [-0.2, -0.15) is 0 Å². The van der Waals surface area contributed by atoms with Crippen molar-refractivity contribution in [2.24, 2.45) is 0 Å². The van der Waals surface area contributed by atoms with Crippen molar-refractivity contribution in [3.8, 4) is 0 Å². The van der Waals surface area contributed by atoms with E-state index in [4.69, 9.17) is 0 Å². The zero-order valence-electron chi connectivity index (χ0n) is 16.0. The maximum absolute atomic E-state index is 12.1. The summed E-state index contributed by atoms with van der Waals surface area (Å²) in [6.45, 7) is 11.6. The van der Waals surface area contributed by atoms with Gasteiger partial charge in [-0.25, -0.2) is 0 Å². The summed E-state index contributed by atoms with van der Waals surface area (Å²) in [5, 5.41) is 2.11. The standard InChI is InChI=1S/C25H26O/c1-6-10-21(11-7-2)18(3)16-17-19(4)23-14-8-12-22-13-9-15-24(20(5)26)25(22)23/h6-17H,1H2,2-5H3/b11-7-,18-16+,19-17+,21-10+. The second-order valence-electron chi connectivity index (χ2n) is 6.32. The molecule has 0 heterocycles. The van der Waals surface area contributed by atoms with Gasteiger partial charge < -0.3 is 0 Å². The van der Waals surface area contributed by atoms with Gasteiger partial charge in [0.15, 0.2) is 5.78 Å². The molecule has 0 N–H and O–H groups in total. The maximum Gasteiger partial charge on any atom is 0.160 e. The number of ketones is 1. The summed E-state index contributed by atoms with van der Waals surface area (Å²) in [7, 11) is 0. The van der Waals surface area contributed by atoms with Gasteiger partial charge >= 0.3 is 0 Å². The Morgan fingerprint density at radius 1 is 0.923 bits per heavy atom. The van der Waals surface area contributed by atoms with Gasteiger partial charge in [0.2, 0.25) is 0 Å². The van der Waals surface area contributed by atoms with Crippen LogP contribution in [0.5, 0.6) is 0 Å². The number of Topliss-reactive ketones (excluding diaryl/α,β-unsaturated/α-hetero) is 1. The average Bonchev–Trinajstić information content (AvgIpc) is 2.64. The quantitative estimate of drug-likeness (QED) is 0.405. The predicted octanol–water partition coefficient (Wildman–Crippen LogP) is 7.08. The second kappa shape index (κ2) is 8.96. The average molecular weight is 342 g/mol. The van der Waals surface area contributed by atoms with E-state index in [0.717, 1.165) is 38.6 Å². The third kappa shape index (κ3) is 4.37. The van der Waals surface area contributed by atoms with Crippen LogP contribution in [0.3, 0.4) is 0 Å². The highest BCUT2D eigenvalue weighted by atomic mass is 16.1. The Morgan fingerprint density at radius 2 is 1.58 bits per heavy atom. The minimum Gasteiger partial charge on any atom is -0.294 e. The van der Waals surface area contributed by atoms with E-state index in [-0.39, 0.29) is 5.78 Å². The van der Waals surface area contributed by atoms with Crippen molar-refractivity contribution < 1.29 is 4.79 Å². The lowest BCUT2D eigenvalue weighted by atomic mass is 9.93. The molecule has 0 unspecified atom stereocenters. The molecule has 0 aliphatic carbocycles. The number of carbonyl (C=O) groups is 1. The van der Waals surface area contributed by atoms with Gasteiger partial charge in [0.25, 0.3) is 0 Å². The highest BCUT2D eigenvalue weighted by molar-refractivity contribution is 6.10. The summed E-state index contributed by atoms with van der Waals surface area (Å²) < 4.78 is 0.